The van der Waals surface area contributed by atoms with E-state index in [9.17, 15) is 9.59 Å². The van der Waals surface area contributed by atoms with Crippen molar-refractivity contribution in [3.63, 3.8) is 0 Å². The molecule has 1 N–H and O–H groups in total. The molecular formula is C19H26N2O3. The number of hydrogen-bond donors (Lipinski definition) is 1. The minimum absolute atomic E-state index is 0.0591. The molecule has 1 heterocycles. The first-order valence-corrected chi connectivity index (χ1v) is 8.13. The summed E-state index contributed by atoms with van der Waals surface area (Å²) in [5.41, 5.74) is 1.32. The Balaban J connectivity index is 2.34. The summed E-state index contributed by atoms with van der Waals surface area (Å²) in [5.74, 6) is 0.483. The standard InChI is InChI=1S/C19H26N2O3/c1-13-10-11-21(16(22)12-13)17(18(23)20-19(2,3)4)14-6-8-15(24-5)9-7-14/h6-9,17H,1,10-12H2,2-5H3,(H,20,23). The molecule has 2 rings (SSSR count). The second kappa shape index (κ2) is 7.07. The molecule has 0 aliphatic carbocycles. The number of likely N-dealkylation sites (tertiary alicyclic amines) is 1. The number of benzene rings is 1. The van der Waals surface area contributed by atoms with Crippen molar-refractivity contribution in [2.45, 2.75) is 45.2 Å². The summed E-state index contributed by atoms with van der Waals surface area (Å²) in [6.45, 7) is 10.2. The lowest BCUT2D eigenvalue weighted by molar-refractivity contribution is -0.142. The topological polar surface area (TPSA) is 58.6 Å². The maximum atomic E-state index is 12.9. The highest BCUT2D eigenvalue weighted by Gasteiger charge is 2.34. The average molecular weight is 330 g/mol. The van der Waals surface area contributed by atoms with Gasteiger partial charge in [0.15, 0.2) is 0 Å². The summed E-state index contributed by atoms with van der Waals surface area (Å²) in [6.07, 6.45) is 1.02. The zero-order chi connectivity index (χ0) is 17.9. The summed E-state index contributed by atoms with van der Waals surface area (Å²) < 4.78 is 5.18. The van der Waals surface area contributed by atoms with Crippen LogP contribution in [0.4, 0.5) is 0 Å². The van der Waals surface area contributed by atoms with E-state index in [0.29, 0.717) is 18.7 Å². The summed E-state index contributed by atoms with van der Waals surface area (Å²) >= 11 is 0. The Kier molecular flexibility index (Phi) is 5.32. The molecule has 1 fully saturated rings. The molecule has 0 spiro atoms. The van der Waals surface area contributed by atoms with Gasteiger partial charge in [-0.15, -0.1) is 0 Å². The van der Waals surface area contributed by atoms with Crippen LogP contribution >= 0.6 is 0 Å². The number of nitrogens with zero attached hydrogens (tertiary/aromatic N) is 1. The molecule has 1 aliphatic rings. The number of methoxy groups -OCH3 is 1. The number of nitrogens with one attached hydrogen (secondary N) is 1. The SMILES string of the molecule is C=C1CCN(C(C(=O)NC(C)(C)C)c2ccc(OC)cc2)C(=O)C1. The lowest BCUT2D eigenvalue weighted by Crippen LogP contribution is -2.50. The van der Waals surface area contributed by atoms with Crippen LogP contribution in [0.1, 0.15) is 45.2 Å². The predicted octanol–water partition coefficient (Wildman–Crippen LogP) is 2.83. The molecule has 1 saturated heterocycles. The van der Waals surface area contributed by atoms with Crippen LogP contribution in [-0.2, 0) is 9.59 Å². The van der Waals surface area contributed by atoms with E-state index in [4.69, 9.17) is 4.74 Å². The van der Waals surface area contributed by atoms with Crippen LogP contribution in [0.5, 0.6) is 5.75 Å². The lowest BCUT2D eigenvalue weighted by atomic mass is 9.97. The fourth-order valence-electron chi connectivity index (χ4n) is 2.78. The van der Waals surface area contributed by atoms with E-state index in [1.165, 1.54) is 0 Å². The van der Waals surface area contributed by atoms with Crippen molar-refractivity contribution in [3.8, 4) is 5.75 Å². The van der Waals surface area contributed by atoms with Crippen LogP contribution < -0.4 is 10.1 Å². The Bertz CT molecular complexity index is 629. The van der Waals surface area contributed by atoms with Crippen molar-refractivity contribution in [1.29, 1.82) is 0 Å². The van der Waals surface area contributed by atoms with Gasteiger partial charge in [-0.2, -0.15) is 0 Å². The fraction of sp³-hybridized carbons (Fsp3) is 0.474. The van der Waals surface area contributed by atoms with Gasteiger partial charge in [-0.1, -0.05) is 24.3 Å². The minimum atomic E-state index is -0.643. The summed E-state index contributed by atoms with van der Waals surface area (Å²) in [4.78, 5) is 27.0. The third-order valence-corrected chi connectivity index (χ3v) is 3.92. The lowest BCUT2D eigenvalue weighted by Gasteiger charge is -2.36. The first kappa shape index (κ1) is 18.0. The first-order valence-electron chi connectivity index (χ1n) is 8.13. The van der Waals surface area contributed by atoms with Crippen molar-refractivity contribution >= 4 is 11.8 Å². The summed E-state index contributed by atoms with van der Waals surface area (Å²) in [6, 6.07) is 6.64. The molecule has 1 aromatic rings. The van der Waals surface area contributed by atoms with Crippen LogP contribution in [0.25, 0.3) is 0 Å². The van der Waals surface area contributed by atoms with Gasteiger partial charge in [0, 0.05) is 18.5 Å². The second-order valence-corrected chi connectivity index (χ2v) is 7.18. The summed E-state index contributed by atoms with van der Waals surface area (Å²) in [7, 11) is 1.60. The third-order valence-electron chi connectivity index (χ3n) is 3.92. The Morgan fingerprint density at radius 2 is 1.92 bits per heavy atom. The first-order chi connectivity index (χ1) is 11.2. The quantitative estimate of drug-likeness (QED) is 0.864. The van der Waals surface area contributed by atoms with Crippen LogP contribution in [0, 0.1) is 0 Å². The molecule has 1 aliphatic heterocycles. The number of ether oxygens (including phenoxy) is 1. The van der Waals surface area contributed by atoms with E-state index in [-0.39, 0.29) is 17.4 Å². The largest absolute Gasteiger partial charge is 0.497 e. The van der Waals surface area contributed by atoms with Gasteiger partial charge in [-0.05, 0) is 44.9 Å². The highest BCUT2D eigenvalue weighted by atomic mass is 16.5. The Labute approximate surface area is 143 Å². The van der Waals surface area contributed by atoms with Crippen LogP contribution in [-0.4, -0.2) is 35.9 Å². The Hall–Kier alpha value is -2.30. The highest BCUT2D eigenvalue weighted by molar-refractivity contribution is 5.90. The minimum Gasteiger partial charge on any atom is -0.497 e. The monoisotopic (exact) mass is 330 g/mol. The molecule has 2 amide bonds. The molecule has 1 unspecified atom stereocenters. The van der Waals surface area contributed by atoms with Gasteiger partial charge in [0.2, 0.25) is 11.8 Å². The normalized spacial score (nSPS) is 16.8. The molecular weight excluding hydrogens is 304 g/mol. The number of hydrogen-bond acceptors (Lipinski definition) is 3. The van der Waals surface area contributed by atoms with Crippen molar-refractivity contribution in [2.75, 3.05) is 13.7 Å². The Morgan fingerprint density at radius 1 is 1.29 bits per heavy atom. The molecule has 1 aromatic carbocycles. The van der Waals surface area contributed by atoms with Gasteiger partial charge in [-0.25, -0.2) is 0 Å². The zero-order valence-corrected chi connectivity index (χ0v) is 14.9. The maximum absolute atomic E-state index is 12.9. The number of carbonyl (C=O) groups excluding carboxylic acids is 2. The zero-order valence-electron chi connectivity index (χ0n) is 14.9. The smallest absolute Gasteiger partial charge is 0.247 e. The van der Waals surface area contributed by atoms with Gasteiger partial charge < -0.3 is 15.0 Å². The van der Waals surface area contributed by atoms with E-state index in [2.05, 4.69) is 11.9 Å². The van der Waals surface area contributed by atoms with E-state index in [0.717, 1.165) is 17.6 Å². The molecule has 5 nitrogen and oxygen atoms in total. The second-order valence-electron chi connectivity index (χ2n) is 7.18. The number of carbonyl (C=O) groups is 2. The summed E-state index contributed by atoms with van der Waals surface area (Å²) in [5, 5.41) is 2.99. The molecule has 0 saturated carbocycles. The molecule has 130 valence electrons. The van der Waals surface area contributed by atoms with Gasteiger partial charge in [-0.3, -0.25) is 9.59 Å². The van der Waals surface area contributed by atoms with Gasteiger partial charge in [0.25, 0.3) is 0 Å². The van der Waals surface area contributed by atoms with Gasteiger partial charge >= 0.3 is 0 Å². The van der Waals surface area contributed by atoms with Gasteiger partial charge in [0.05, 0.1) is 7.11 Å². The van der Waals surface area contributed by atoms with E-state index in [1.807, 2.05) is 32.9 Å². The molecule has 0 bridgehead atoms. The Morgan fingerprint density at radius 3 is 2.42 bits per heavy atom. The fourth-order valence-corrected chi connectivity index (χ4v) is 2.78. The van der Waals surface area contributed by atoms with Crippen LogP contribution in [0.2, 0.25) is 0 Å². The van der Waals surface area contributed by atoms with Crippen molar-refractivity contribution in [1.82, 2.24) is 10.2 Å². The predicted molar refractivity (Wildman–Crippen MR) is 93.7 cm³/mol. The van der Waals surface area contributed by atoms with E-state index in [1.54, 1.807) is 24.1 Å². The van der Waals surface area contributed by atoms with E-state index >= 15 is 0 Å². The van der Waals surface area contributed by atoms with Gasteiger partial charge in [0.1, 0.15) is 11.8 Å². The highest BCUT2D eigenvalue weighted by Crippen LogP contribution is 2.29. The van der Waals surface area contributed by atoms with E-state index < -0.39 is 6.04 Å². The molecule has 0 aromatic heterocycles. The number of rotatable bonds is 4. The van der Waals surface area contributed by atoms with Crippen molar-refractivity contribution < 1.29 is 14.3 Å². The number of amides is 2. The van der Waals surface area contributed by atoms with Crippen molar-refractivity contribution in [2.24, 2.45) is 0 Å². The molecule has 24 heavy (non-hydrogen) atoms. The third kappa shape index (κ3) is 4.37. The van der Waals surface area contributed by atoms with Crippen molar-refractivity contribution in [3.05, 3.63) is 42.0 Å². The van der Waals surface area contributed by atoms with Crippen LogP contribution in [0.15, 0.2) is 36.4 Å². The molecule has 1 atom stereocenters. The number of piperidine rings is 1. The molecule has 5 heteroatoms. The maximum Gasteiger partial charge on any atom is 0.247 e. The molecule has 0 radical (unpaired) electrons. The van der Waals surface area contributed by atoms with Crippen LogP contribution in [0.3, 0.4) is 0 Å². The average Bonchev–Trinajstić information content (AvgIpc) is 2.48.